The summed E-state index contributed by atoms with van der Waals surface area (Å²) in [5.41, 5.74) is 2.68. The first-order chi connectivity index (χ1) is 16.5. The van der Waals surface area contributed by atoms with Crippen LogP contribution in [0.1, 0.15) is 37.2 Å². The number of rotatable bonds is 9. The molecule has 0 saturated carbocycles. The Morgan fingerprint density at radius 1 is 1.35 bits per heavy atom. The number of epoxide rings is 1. The normalized spacial score (nSPS) is 16.4. The van der Waals surface area contributed by atoms with Crippen molar-refractivity contribution >= 4 is 17.7 Å². The van der Waals surface area contributed by atoms with Crippen LogP contribution in [0.2, 0.25) is 0 Å². The van der Waals surface area contributed by atoms with E-state index in [2.05, 4.69) is 39.3 Å². The molecule has 8 nitrogen and oxygen atoms in total. The highest BCUT2D eigenvalue weighted by Crippen LogP contribution is 2.33. The molecule has 1 atom stereocenters. The van der Waals surface area contributed by atoms with Gasteiger partial charge in [-0.25, -0.2) is 0 Å². The Morgan fingerprint density at radius 3 is 2.91 bits per heavy atom. The third-order valence-corrected chi connectivity index (χ3v) is 6.51. The number of carbonyl (C=O) groups is 1. The second-order valence-electron chi connectivity index (χ2n) is 8.17. The Morgan fingerprint density at radius 2 is 2.21 bits per heavy atom. The van der Waals surface area contributed by atoms with Gasteiger partial charge in [-0.2, -0.15) is 0 Å². The number of nitrogens with one attached hydrogen (secondary N) is 1. The Kier molecular flexibility index (Phi) is 7.50. The molecule has 1 N–H and O–H groups in total. The van der Waals surface area contributed by atoms with Gasteiger partial charge in [0.05, 0.1) is 30.6 Å². The van der Waals surface area contributed by atoms with E-state index in [0.29, 0.717) is 18.8 Å². The average molecular weight is 478 g/mol. The summed E-state index contributed by atoms with van der Waals surface area (Å²) in [5.74, 6) is 8.27. The molecule has 0 spiro atoms. The van der Waals surface area contributed by atoms with E-state index in [1.165, 1.54) is 0 Å². The standard InChI is InChI=1S/C25H27N5O3S/c1-4-23(31)27-12-5-7-19-9-10-21(13-18(19)2)32-15-22-28-29-24(34-17-25(3)16-33-25)30(22)20-8-6-11-26-14-20/h6,8-11,13-14H,4,12,15-17H2,1-3H3,(H,27,31)/t25-/m1/s1. The number of carbonyl (C=O) groups excluding carboxylic acids is 1. The molecule has 0 unspecified atom stereocenters. The third-order valence-electron chi connectivity index (χ3n) is 5.23. The van der Waals surface area contributed by atoms with E-state index in [0.717, 1.165) is 40.1 Å². The summed E-state index contributed by atoms with van der Waals surface area (Å²) < 4.78 is 13.5. The zero-order chi connectivity index (χ0) is 24.0. The van der Waals surface area contributed by atoms with Crippen LogP contribution in [0.4, 0.5) is 0 Å². The van der Waals surface area contributed by atoms with E-state index in [-0.39, 0.29) is 18.1 Å². The second-order valence-corrected chi connectivity index (χ2v) is 9.11. The molecule has 1 fully saturated rings. The first-order valence-electron chi connectivity index (χ1n) is 11.1. The molecule has 0 radical (unpaired) electrons. The van der Waals surface area contributed by atoms with Crippen LogP contribution >= 0.6 is 11.8 Å². The van der Waals surface area contributed by atoms with E-state index in [9.17, 15) is 4.79 Å². The number of amides is 1. The number of thioether (sulfide) groups is 1. The first kappa shape index (κ1) is 23.8. The number of aromatic nitrogens is 4. The number of pyridine rings is 1. The molecule has 176 valence electrons. The predicted octanol–water partition coefficient (Wildman–Crippen LogP) is 3.31. The molecule has 4 rings (SSSR count). The molecule has 34 heavy (non-hydrogen) atoms. The van der Waals surface area contributed by atoms with Gasteiger partial charge in [0.25, 0.3) is 0 Å². The molecule has 2 aromatic heterocycles. The summed E-state index contributed by atoms with van der Waals surface area (Å²) in [7, 11) is 0. The summed E-state index contributed by atoms with van der Waals surface area (Å²) in [5, 5.41) is 12.3. The lowest BCUT2D eigenvalue weighted by Crippen LogP contribution is -2.22. The second kappa shape index (κ2) is 10.7. The Hall–Kier alpha value is -3.35. The Bertz CT molecular complexity index is 1210. The van der Waals surface area contributed by atoms with Gasteiger partial charge in [-0.05, 0) is 49.7 Å². The van der Waals surface area contributed by atoms with Crippen LogP contribution < -0.4 is 10.1 Å². The maximum atomic E-state index is 11.3. The van der Waals surface area contributed by atoms with E-state index < -0.39 is 0 Å². The molecular formula is C25H27N5O3S. The largest absolute Gasteiger partial charge is 0.486 e. The van der Waals surface area contributed by atoms with Crippen molar-refractivity contribution in [2.75, 3.05) is 18.9 Å². The zero-order valence-corrected chi connectivity index (χ0v) is 20.3. The molecule has 3 aromatic rings. The van der Waals surface area contributed by atoms with Gasteiger partial charge in [0.2, 0.25) is 5.91 Å². The highest BCUT2D eigenvalue weighted by atomic mass is 32.2. The number of hydrogen-bond acceptors (Lipinski definition) is 7. The first-order valence-corrected chi connectivity index (χ1v) is 12.1. The van der Waals surface area contributed by atoms with Gasteiger partial charge in [0.1, 0.15) is 12.4 Å². The number of hydrogen-bond donors (Lipinski definition) is 1. The fraction of sp³-hybridized carbons (Fsp3) is 0.360. The fourth-order valence-electron chi connectivity index (χ4n) is 3.08. The highest BCUT2D eigenvalue weighted by Gasteiger charge is 2.39. The van der Waals surface area contributed by atoms with Crippen molar-refractivity contribution in [1.29, 1.82) is 0 Å². The maximum Gasteiger partial charge on any atom is 0.220 e. The van der Waals surface area contributed by atoms with Crippen molar-refractivity contribution in [3.8, 4) is 23.3 Å². The van der Waals surface area contributed by atoms with E-state index >= 15 is 0 Å². The van der Waals surface area contributed by atoms with Crippen molar-refractivity contribution < 1.29 is 14.3 Å². The fourth-order valence-corrected chi connectivity index (χ4v) is 4.12. The molecule has 1 aliphatic heterocycles. The van der Waals surface area contributed by atoms with Gasteiger partial charge < -0.3 is 14.8 Å². The maximum absolute atomic E-state index is 11.3. The summed E-state index contributed by atoms with van der Waals surface area (Å²) in [4.78, 5) is 15.5. The van der Waals surface area contributed by atoms with Crippen molar-refractivity contribution in [3.05, 3.63) is 59.7 Å². The van der Waals surface area contributed by atoms with Crippen molar-refractivity contribution in [3.63, 3.8) is 0 Å². The van der Waals surface area contributed by atoms with Crippen molar-refractivity contribution in [2.45, 2.75) is 44.6 Å². The van der Waals surface area contributed by atoms with E-state index in [1.54, 1.807) is 24.2 Å². The number of ether oxygens (including phenoxy) is 2. The van der Waals surface area contributed by atoms with Crippen LogP contribution in [0.3, 0.4) is 0 Å². The molecule has 1 aliphatic rings. The topological polar surface area (TPSA) is 94.5 Å². The molecule has 1 amide bonds. The number of benzene rings is 1. The summed E-state index contributed by atoms with van der Waals surface area (Å²) >= 11 is 1.61. The molecule has 0 bridgehead atoms. The molecule has 0 aliphatic carbocycles. The molecule has 1 saturated heterocycles. The van der Waals surface area contributed by atoms with Crippen LogP contribution in [-0.4, -0.2) is 50.2 Å². The summed E-state index contributed by atoms with van der Waals surface area (Å²) in [6.07, 6.45) is 3.98. The van der Waals surface area contributed by atoms with E-state index in [1.807, 2.05) is 48.7 Å². The number of nitrogens with zero attached hydrogens (tertiary/aromatic N) is 4. The van der Waals surface area contributed by atoms with Crippen LogP contribution in [0, 0.1) is 18.8 Å². The predicted molar refractivity (Wildman–Crippen MR) is 130 cm³/mol. The Labute approximate surface area is 203 Å². The van der Waals surface area contributed by atoms with Crippen LogP contribution in [0.15, 0.2) is 47.9 Å². The van der Waals surface area contributed by atoms with Crippen molar-refractivity contribution in [2.24, 2.45) is 0 Å². The minimum atomic E-state index is -0.0865. The average Bonchev–Trinajstić information content (AvgIpc) is 3.45. The van der Waals surface area contributed by atoms with E-state index in [4.69, 9.17) is 9.47 Å². The van der Waals surface area contributed by atoms with Crippen LogP contribution in [0.25, 0.3) is 5.69 Å². The lowest BCUT2D eigenvalue weighted by Gasteiger charge is -2.12. The summed E-state index contributed by atoms with van der Waals surface area (Å²) in [6, 6.07) is 9.60. The minimum Gasteiger partial charge on any atom is -0.486 e. The van der Waals surface area contributed by atoms with Crippen molar-refractivity contribution in [1.82, 2.24) is 25.1 Å². The SMILES string of the molecule is CCC(=O)NCC#Cc1ccc(OCc2nnc(SC[C@@]3(C)CO3)n2-c2cccnc2)cc1C. The van der Waals surface area contributed by atoms with Gasteiger partial charge in [-0.3, -0.25) is 14.3 Å². The van der Waals surface area contributed by atoms with Gasteiger partial charge in [0, 0.05) is 23.9 Å². The lowest BCUT2D eigenvalue weighted by molar-refractivity contribution is -0.120. The Balaban J connectivity index is 1.45. The molecular weight excluding hydrogens is 450 g/mol. The van der Waals surface area contributed by atoms with Gasteiger partial charge >= 0.3 is 0 Å². The van der Waals surface area contributed by atoms with Crippen LogP contribution in [0.5, 0.6) is 5.75 Å². The van der Waals surface area contributed by atoms with Gasteiger partial charge in [0.15, 0.2) is 11.0 Å². The zero-order valence-electron chi connectivity index (χ0n) is 19.5. The highest BCUT2D eigenvalue weighted by molar-refractivity contribution is 7.99. The van der Waals surface area contributed by atoms with Crippen LogP contribution in [-0.2, 0) is 16.1 Å². The molecule has 9 heteroatoms. The molecule has 3 heterocycles. The number of aryl methyl sites for hydroxylation is 1. The lowest BCUT2D eigenvalue weighted by atomic mass is 10.1. The monoisotopic (exact) mass is 477 g/mol. The minimum absolute atomic E-state index is 0.00876. The van der Waals surface area contributed by atoms with Gasteiger partial charge in [-0.1, -0.05) is 30.5 Å². The third kappa shape index (κ3) is 6.16. The quantitative estimate of drug-likeness (QED) is 0.287. The molecule has 1 aromatic carbocycles. The van der Waals surface area contributed by atoms with Gasteiger partial charge in [-0.15, -0.1) is 10.2 Å². The smallest absolute Gasteiger partial charge is 0.220 e. The summed E-state index contributed by atoms with van der Waals surface area (Å²) in [6.45, 7) is 7.24.